The summed E-state index contributed by atoms with van der Waals surface area (Å²) in [5, 5.41) is 0. The van der Waals surface area contributed by atoms with Gasteiger partial charge in [0.2, 0.25) is 0 Å². The molecule has 1 atom stereocenters. The Hall–Kier alpha value is -2.13. The number of rotatable bonds is 2. The van der Waals surface area contributed by atoms with Gasteiger partial charge in [0.05, 0.1) is 12.7 Å². The van der Waals surface area contributed by atoms with Crippen molar-refractivity contribution in [3.05, 3.63) is 59.2 Å². The van der Waals surface area contributed by atoms with E-state index in [4.69, 9.17) is 10.5 Å². The largest absolute Gasteiger partial charge is 0.465 e. The highest BCUT2D eigenvalue weighted by Crippen LogP contribution is 2.27. The first-order valence-corrected chi connectivity index (χ1v) is 7.23. The molecular formula is C18H19NO2. The van der Waals surface area contributed by atoms with Crippen LogP contribution in [0, 0.1) is 0 Å². The number of aryl methyl sites for hydroxylation is 1. The topological polar surface area (TPSA) is 52.3 Å². The molecule has 1 aliphatic carbocycles. The third-order valence-electron chi connectivity index (χ3n) is 4.11. The summed E-state index contributed by atoms with van der Waals surface area (Å²) >= 11 is 0. The van der Waals surface area contributed by atoms with Crippen molar-refractivity contribution >= 4 is 5.97 Å². The molecule has 0 radical (unpaired) electrons. The first kappa shape index (κ1) is 13.8. The highest BCUT2D eigenvalue weighted by Gasteiger charge is 2.16. The van der Waals surface area contributed by atoms with Gasteiger partial charge in [0.15, 0.2) is 0 Å². The van der Waals surface area contributed by atoms with Crippen LogP contribution in [0.1, 0.15) is 27.9 Å². The molecule has 0 spiro atoms. The maximum Gasteiger partial charge on any atom is 0.337 e. The summed E-state index contributed by atoms with van der Waals surface area (Å²) in [5.41, 5.74) is 11.7. The molecule has 2 N–H and O–H groups in total. The number of carbonyl (C=O) groups is 1. The monoisotopic (exact) mass is 281 g/mol. The van der Waals surface area contributed by atoms with Gasteiger partial charge in [0, 0.05) is 6.04 Å². The van der Waals surface area contributed by atoms with Crippen LogP contribution >= 0.6 is 0 Å². The molecule has 0 fully saturated rings. The molecule has 0 heterocycles. The average molecular weight is 281 g/mol. The highest BCUT2D eigenvalue weighted by atomic mass is 16.5. The zero-order chi connectivity index (χ0) is 14.8. The van der Waals surface area contributed by atoms with Crippen molar-refractivity contribution < 1.29 is 9.53 Å². The lowest BCUT2D eigenvalue weighted by atomic mass is 9.86. The molecule has 2 aromatic carbocycles. The molecule has 0 saturated carbocycles. The van der Waals surface area contributed by atoms with E-state index < -0.39 is 0 Å². The van der Waals surface area contributed by atoms with E-state index in [2.05, 4.69) is 18.2 Å². The molecule has 0 saturated heterocycles. The third kappa shape index (κ3) is 2.83. The molecule has 1 aliphatic rings. The van der Waals surface area contributed by atoms with Gasteiger partial charge in [-0.05, 0) is 53.6 Å². The number of benzene rings is 2. The van der Waals surface area contributed by atoms with Crippen LogP contribution < -0.4 is 5.73 Å². The van der Waals surface area contributed by atoms with Crippen LogP contribution in [0.25, 0.3) is 11.1 Å². The van der Waals surface area contributed by atoms with Gasteiger partial charge in [0.1, 0.15) is 0 Å². The Morgan fingerprint density at radius 3 is 2.52 bits per heavy atom. The minimum atomic E-state index is -0.307. The van der Waals surface area contributed by atoms with Crippen molar-refractivity contribution in [3.8, 4) is 11.1 Å². The van der Waals surface area contributed by atoms with Crippen molar-refractivity contribution in [3.63, 3.8) is 0 Å². The second kappa shape index (κ2) is 5.70. The summed E-state index contributed by atoms with van der Waals surface area (Å²) in [4.78, 5) is 11.5. The first-order valence-electron chi connectivity index (χ1n) is 7.23. The van der Waals surface area contributed by atoms with E-state index in [9.17, 15) is 4.79 Å². The molecule has 0 bridgehead atoms. The lowest BCUT2D eigenvalue weighted by Gasteiger charge is -2.22. The fourth-order valence-electron chi connectivity index (χ4n) is 2.88. The Kier molecular flexibility index (Phi) is 3.76. The Labute approximate surface area is 124 Å². The van der Waals surface area contributed by atoms with E-state index in [0.29, 0.717) is 5.56 Å². The number of carbonyl (C=O) groups excluding carboxylic acids is 1. The minimum Gasteiger partial charge on any atom is -0.465 e. The Morgan fingerprint density at radius 2 is 1.81 bits per heavy atom. The standard InChI is InChI=1S/C18H19NO2/c1-21-18(20)14-5-2-12(3-6-14)15-7-4-13-8-9-17(19)11-16(13)10-15/h2-7,10,17H,8-9,11,19H2,1H3. The summed E-state index contributed by atoms with van der Waals surface area (Å²) in [6.45, 7) is 0. The summed E-state index contributed by atoms with van der Waals surface area (Å²) < 4.78 is 4.72. The van der Waals surface area contributed by atoms with Gasteiger partial charge in [-0.15, -0.1) is 0 Å². The van der Waals surface area contributed by atoms with Crippen molar-refractivity contribution in [1.82, 2.24) is 0 Å². The third-order valence-corrected chi connectivity index (χ3v) is 4.11. The highest BCUT2D eigenvalue weighted by molar-refractivity contribution is 5.90. The van der Waals surface area contributed by atoms with Gasteiger partial charge >= 0.3 is 5.97 Å². The Bertz CT molecular complexity index is 661. The van der Waals surface area contributed by atoms with E-state index in [1.54, 1.807) is 12.1 Å². The van der Waals surface area contributed by atoms with Crippen LogP contribution in [0.3, 0.4) is 0 Å². The maximum atomic E-state index is 11.5. The number of ether oxygens (including phenoxy) is 1. The van der Waals surface area contributed by atoms with Crippen LogP contribution in [-0.4, -0.2) is 19.1 Å². The molecule has 1 unspecified atom stereocenters. The smallest absolute Gasteiger partial charge is 0.337 e. The average Bonchev–Trinajstić information content (AvgIpc) is 2.53. The normalized spacial score (nSPS) is 17.1. The summed E-state index contributed by atoms with van der Waals surface area (Å²) in [6.07, 6.45) is 3.08. The van der Waals surface area contributed by atoms with Crippen LogP contribution in [0.5, 0.6) is 0 Å². The second-order valence-corrected chi connectivity index (χ2v) is 5.56. The first-order chi connectivity index (χ1) is 10.2. The number of hydrogen-bond donors (Lipinski definition) is 1. The fraction of sp³-hybridized carbons (Fsp3) is 0.278. The summed E-state index contributed by atoms with van der Waals surface area (Å²) in [6, 6.07) is 14.3. The molecule has 0 aliphatic heterocycles. The van der Waals surface area contributed by atoms with Gasteiger partial charge in [0.25, 0.3) is 0 Å². The molecule has 3 heteroatoms. The predicted octanol–water partition coefficient (Wildman–Crippen LogP) is 2.96. The molecule has 21 heavy (non-hydrogen) atoms. The van der Waals surface area contributed by atoms with E-state index in [0.717, 1.165) is 24.8 Å². The lowest BCUT2D eigenvalue weighted by molar-refractivity contribution is 0.0601. The fourth-order valence-corrected chi connectivity index (χ4v) is 2.88. The molecule has 0 aromatic heterocycles. The molecule has 3 rings (SSSR count). The van der Waals surface area contributed by atoms with E-state index >= 15 is 0 Å². The summed E-state index contributed by atoms with van der Waals surface area (Å²) in [5.74, 6) is -0.307. The number of esters is 1. The second-order valence-electron chi connectivity index (χ2n) is 5.56. The number of nitrogens with two attached hydrogens (primary N) is 1. The van der Waals surface area contributed by atoms with Gasteiger partial charge in [-0.1, -0.05) is 30.3 Å². The molecule has 0 amide bonds. The van der Waals surface area contributed by atoms with Crippen LogP contribution in [-0.2, 0) is 17.6 Å². The maximum absolute atomic E-state index is 11.5. The molecule has 3 nitrogen and oxygen atoms in total. The SMILES string of the molecule is COC(=O)c1ccc(-c2ccc3c(c2)CC(N)CC3)cc1. The number of methoxy groups -OCH3 is 1. The van der Waals surface area contributed by atoms with E-state index in [1.165, 1.54) is 23.8 Å². The van der Waals surface area contributed by atoms with Crippen molar-refractivity contribution in [2.24, 2.45) is 5.73 Å². The van der Waals surface area contributed by atoms with Crippen molar-refractivity contribution in [1.29, 1.82) is 0 Å². The Morgan fingerprint density at radius 1 is 1.10 bits per heavy atom. The van der Waals surface area contributed by atoms with Crippen LogP contribution in [0.15, 0.2) is 42.5 Å². The minimum absolute atomic E-state index is 0.273. The zero-order valence-corrected chi connectivity index (χ0v) is 12.1. The molecule has 108 valence electrons. The van der Waals surface area contributed by atoms with E-state index in [1.807, 2.05) is 12.1 Å². The molecular weight excluding hydrogens is 262 g/mol. The number of fused-ring (bicyclic) bond motifs is 1. The summed E-state index contributed by atoms with van der Waals surface area (Å²) in [7, 11) is 1.39. The van der Waals surface area contributed by atoms with Crippen molar-refractivity contribution in [2.45, 2.75) is 25.3 Å². The van der Waals surface area contributed by atoms with Gasteiger partial charge < -0.3 is 10.5 Å². The predicted molar refractivity (Wildman–Crippen MR) is 83.2 cm³/mol. The van der Waals surface area contributed by atoms with Gasteiger partial charge in [-0.25, -0.2) is 4.79 Å². The van der Waals surface area contributed by atoms with Crippen LogP contribution in [0.2, 0.25) is 0 Å². The van der Waals surface area contributed by atoms with Gasteiger partial charge in [-0.2, -0.15) is 0 Å². The Balaban J connectivity index is 1.90. The zero-order valence-electron chi connectivity index (χ0n) is 12.1. The lowest BCUT2D eigenvalue weighted by Crippen LogP contribution is -2.27. The van der Waals surface area contributed by atoms with Gasteiger partial charge in [-0.3, -0.25) is 0 Å². The molecule has 2 aromatic rings. The quantitative estimate of drug-likeness (QED) is 0.861. The van der Waals surface area contributed by atoms with Crippen LogP contribution in [0.4, 0.5) is 0 Å². The van der Waals surface area contributed by atoms with E-state index in [-0.39, 0.29) is 12.0 Å². The number of hydrogen-bond acceptors (Lipinski definition) is 3. The van der Waals surface area contributed by atoms with Crippen molar-refractivity contribution in [2.75, 3.05) is 7.11 Å².